The van der Waals surface area contributed by atoms with Crippen molar-refractivity contribution < 1.29 is 17.5 Å². The molecule has 29 heavy (non-hydrogen) atoms. The van der Waals surface area contributed by atoms with Crippen molar-refractivity contribution >= 4 is 27.6 Å². The molecule has 0 spiro atoms. The van der Waals surface area contributed by atoms with E-state index in [-0.39, 0.29) is 17.1 Å². The molecule has 4 heteroatoms. The first-order valence-electron chi connectivity index (χ1n) is 10.9. The van der Waals surface area contributed by atoms with Crippen LogP contribution in [0, 0.1) is 26.2 Å². The molecule has 0 atom stereocenters. The van der Waals surface area contributed by atoms with E-state index in [1.165, 1.54) is 12.3 Å². The van der Waals surface area contributed by atoms with Crippen molar-refractivity contribution in [1.29, 1.82) is 0 Å². The minimum absolute atomic E-state index is 0.0911. The average molecular weight is 390 g/mol. The van der Waals surface area contributed by atoms with E-state index in [0.29, 0.717) is 27.5 Å². The lowest BCUT2D eigenvalue weighted by atomic mass is 9.86. The molecule has 3 nitrogen and oxygen atoms in total. The molecule has 0 bridgehead atoms. The second kappa shape index (κ2) is 6.42. The van der Waals surface area contributed by atoms with Crippen LogP contribution in [0.25, 0.3) is 38.0 Å². The van der Waals surface area contributed by atoms with E-state index >= 15 is 0 Å². The molecular weight excluding hydrogens is 363 g/mol. The number of benzene rings is 2. The van der Waals surface area contributed by atoms with E-state index in [1.807, 2.05) is 45.9 Å². The van der Waals surface area contributed by atoms with Gasteiger partial charge < -0.3 is 4.42 Å². The zero-order valence-corrected chi connectivity index (χ0v) is 17.1. The summed E-state index contributed by atoms with van der Waals surface area (Å²) >= 11 is 0. The molecule has 146 valence electrons. The Morgan fingerprint density at radius 2 is 1.93 bits per heavy atom. The third-order valence-electron chi connectivity index (χ3n) is 5.35. The van der Waals surface area contributed by atoms with Crippen molar-refractivity contribution in [2.75, 3.05) is 0 Å². The number of nitrogens with zero attached hydrogens (tertiary/aromatic N) is 2. The van der Waals surface area contributed by atoms with E-state index in [0.717, 1.165) is 16.8 Å². The number of aryl methyl sites for hydroxylation is 3. The van der Waals surface area contributed by atoms with Crippen molar-refractivity contribution in [2.45, 2.75) is 40.0 Å². The topological polar surface area (TPSA) is 21.4 Å². The summed E-state index contributed by atoms with van der Waals surface area (Å²) in [5.74, 6) is -0.287. The van der Waals surface area contributed by atoms with E-state index in [1.54, 1.807) is 17.7 Å². The smallest absolute Gasteiger partial charge is 0.216 e. The molecule has 0 aliphatic rings. The predicted molar refractivity (Wildman–Crippen MR) is 115 cm³/mol. The summed E-state index contributed by atoms with van der Waals surface area (Å²) in [6.45, 7) is 12.8. The number of pyridine rings is 1. The highest BCUT2D eigenvalue weighted by Gasteiger charge is 2.27. The Labute approximate surface area is 174 Å². The Morgan fingerprint density at radius 1 is 1.17 bits per heavy atom. The van der Waals surface area contributed by atoms with Gasteiger partial charge in [0.05, 0.1) is 12.1 Å². The third-order valence-corrected chi connectivity index (χ3v) is 5.35. The molecule has 0 saturated carbocycles. The van der Waals surface area contributed by atoms with Gasteiger partial charge in [-0.3, -0.25) is 0 Å². The van der Waals surface area contributed by atoms with Crippen LogP contribution in [0.2, 0.25) is 0 Å². The first kappa shape index (κ1) is 15.7. The molecule has 0 fully saturated rings. The van der Waals surface area contributed by atoms with Crippen molar-refractivity contribution in [3.8, 4) is 11.3 Å². The van der Waals surface area contributed by atoms with Crippen LogP contribution >= 0.6 is 0 Å². The lowest BCUT2D eigenvalue weighted by molar-refractivity contribution is -0.662. The minimum atomic E-state index is -2.40. The Bertz CT molecular complexity index is 1440. The fraction of sp³-hybridized carbons (Fsp3) is 0.280. The predicted octanol–water partition coefficient (Wildman–Crippen LogP) is 6.68. The van der Waals surface area contributed by atoms with Crippen LogP contribution in [-0.4, -0.2) is 0 Å². The lowest BCUT2D eigenvalue weighted by Gasteiger charge is -2.19. The van der Waals surface area contributed by atoms with E-state index < -0.39 is 12.3 Å². The number of furan rings is 1. The molecule has 4 rings (SSSR count). The van der Waals surface area contributed by atoms with Gasteiger partial charge in [-0.05, 0) is 36.4 Å². The maximum Gasteiger partial charge on any atom is 0.216 e. The molecule has 0 amide bonds. The van der Waals surface area contributed by atoms with Gasteiger partial charge in [0.15, 0.2) is 11.5 Å². The summed E-state index contributed by atoms with van der Waals surface area (Å²) in [6, 6.07) is 8.58. The monoisotopic (exact) mass is 390 g/mol. The second-order valence-corrected chi connectivity index (χ2v) is 8.50. The Hall–Kier alpha value is -3.19. The largest absolute Gasteiger partial charge is 0.456 e. The molecule has 0 saturated heterocycles. The Kier molecular flexibility index (Phi) is 3.48. The van der Waals surface area contributed by atoms with Gasteiger partial charge in [-0.25, -0.2) is 9.24 Å². The molecule has 2 aromatic carbocycles. The van der Waals surface area contributed by atoms with E-state index in [2.05, 4.69) is 4.85 Å². The molecule has 2 aromatic heterocycles. The van der Waals surface area contributed by atoms with Gasteiger partial charge in [-0.15, -0.1) is 0 Å². The first-order chi connectivity index (χ1) is 14.8. The number of hydrogen-bond acceptors (Lipinski definition) is 1. The van der Waals surface area contributed by atoms with Gasteiger partial charge in [0.1, 0.15) is 18.2 Å². The van der Waals surface area contributed by atoms with Crippen LogP contribution in [-0.2, 0) is 12.5 Å². The quantitative estimate of drug-likeness (QED) is 0.262. The van der Waals surface area contributed by atoms with Gasteiger partial charge in [0.2, 0.25) is 11.9 Å². The number of aromatic nitrogens is 1. The van der Waals surface area contributed by atoms with Crippen molar-refractivity contribution in [1.82, 2.24) is 0 Å². The molecule has 0 aliphatic carbocycles. The summed E-state index contributed by atoms with van der Waals surface area (Å²) < 4.78 is 46.7. The zero-order valence-electron chi connectivity index (χ0n) is 20.1. The van der Waals surface area contributed by atoms with Crippen LogP contribution in [0.1, 0.15) is 41.6 Å². The summed E-state index contributed by atoms with van der Waals surface area (Å²) in [6.07, 6.45) is 1.46. The van der Waals surface area contributed by atoms with E-state index in [9.17, 15) is 4.39 Å². The maximum absolute atomic E-state index is 14.8. The van der Waals surface area contributed by atoms with Crippen LogP contribution in [0.5, 0.6) is 0 Å². The number of halogens is 1. The highest BCUT2D eigenvalue weighted by atomic mass is 19.1. The number of rotatable bonds is 1. The number of hydrogen-bond donors (Lipinski definition) is 0. The SMILES string of the molecule is [2H]C([2H])([2H])c1cc([N+]#[C-])cc2oc3c(-c4cc(C(C)(C)C)c(F)c[n+]4C)c(C)ccc3c12. The Balaban J connectivity index is 2.16. The second-order valence-electron chi connectivity index (χ2n) is 8.50. The molecule has 0 N–H and O–H groups in total. The Morgan fingerprint density at radius 3 is 2.59 bits per heavy atom. The average Bonchev–Trinajstić information content (AvgIpc) is 3.04. The standard InChI is InChI=1S/C25H24FN2O/c1-14-8-9-17-22-15(2)10-16(27-6)11-21(22)29-24(17)23(14)20-12-18(25(3,4)5)19(26)13-28(20)7/h8-13H,1-5,7H3/q+1/i2D3. The van der Waals surface area contributed by atoms with Crippen LogP contribution in [0.15, 0.2) is 40.9 Å². The van der Waals surface area contributed by atoms with E-state index in [4.69, 9.17) is 15.1 Å². The minimum Gasteiger partial charge on any atom is -0.456 e. The molecular formula is C25H24FN2O+. The van der Waals surface area contributed by atoms with Gasteiger partial charge in [0, 0.05) is 26.5 Å². The summed E-state index contributed by atoms with van der Waals surface area (Å²) in [5.41, 5.74) is 3.81. The van der Waals surface area contributed by atoms with Gasteiger partial charge in [-0.1, -0.05) is 39.0 Å². The molecule has 0 unspecified atom stereocenters. The van der Waals surface area contributed by atoms with Gasteiger partial charge in [-0.2, -0.15) is 4.57 Å². The molecule has 2 heterocycles. The van der Waals surface area contributed by atoms with Gasteiger partial charge in [0.25, 0.3) is 0 Å². The van der Waals surface area contributed by atoms with Crippen molar-refractivity contribution in [3.05, 3.63) is 70.5 Å². The summed E-state index contributed by atoms with van der Waals surface area (Å²) in [7, 11) is 1.77. The van der Waals surface area contributed by atoms with Gasteiger partial charge >= 0.3 is 0 Å². The number of fused-ring (bicyclic) bond motifs is 3. The molecule has 0 radical (unpaired) electrons. The molecule has 0 aliphatic heterocycles. The fourth-order valence-electron chi connectivity index (χ4n) is 3.88. The maximum atomic E-state index is 14.8. The third kappa shape index (κ3) is 2.98. The zero-order chi connectivity index (χ0) is 23.6. The highest BCUT2D eigenvalue weighted by molar-refractivity contribution is 6.11. The van der Waals surface area contributed by atoms with Crippen LogP contribution < -0.4 is 4.57 Å². The van der Waals surface area contributed by atoms with Crippen molar-refractivity contribution in [2.24, 2.45) is 7.05 Å². The highest BCUT2D eigenvalue weighted by Crippen LogP contribution is 2.40. The van der Waals surface area contributed by atoms with Crippen molar-refractivity contribution in [3.63, 3.8) is 0 Å². The fourth-order valence-corrected chi connectivity index (χ4v) is 3.88. The normalized spacial score (nSPS) is 13.9. The molecule has 4 aromatic rings. The summed E-state index contributed by atoms with van der Waals surface area (Å²) in [5, 5.41) is 1.14. The van der Waals surface area contributed by atoms with Crippen LogP contribution in [0.3, 0.4) is 0 Å². The van der Waals surface area contributed by atoms with Crippen LogP contribution in [0.4, 0.5) is 10.1 Å². The summed E-state index contributed by atoms with van der Waals surface area (Å²) in [4.78, 5) is 3.42. The first-order valence-corrected chi connectivity index (χ1v) is 9.40. The lowest BCUT2D eigenvalue weighted by Crippen LogP contribution is -2.33.